The standard InChI is InChI=1S/C24H29N5O6/c1-15(30)25-11-7-8-12-35-21-17(33-5)13-16(14-18(21)34-6)9-10-19-26-22-20(27(19)2)23(31)29(4)24(32)28(22)3/h7-10,13-14H,11-12H2,1-6H3,(H,25,30)/b8-7+,10-9?. The van der Waals surface area contributed by atoms with E-state index in [-0.39, 0.29) is 12.5 Å². The number of nitrogens with one attached hydrogen (secondary N) is 1. The molecule has 0 fully saturated rings. The average molecular weight is 484 g/mol. The van der Waals surface area contributed by atoms with Gasteiger partial charge in [-0.25, -0.2) is 9.78 Å². The predicted molar refractivity (Wildman–Crippen MR) is 133 cm³/mol. The number of benzene rings is 1. The molecule has 0 spiro atoms. The molecule has 0 radical (unpaired) electrons. The lowest BCUT2D eigenvalue weighted by molar-refractivity contribution is -0.118. The van der Waals surface area contributed by atoms with Crippen molar-refractivity contribution in [2.75, 3.05) is 27.4 Å². The molecule has 3 aromatic rings. The highest BCUT2D eigenvalue weighted by Crippen LogP contribution is 2.39. The third kappa shape index (κ3) is 5.29. The first kappa shape index (κ1) is 25.3. The molecule has 11 heteroatoms. The predicted octanol–water partition coefficient (Wildman–Crippen LogP) is 1.23. The second-order valence-electron chi connectivity index (χ2n) is 7.71. The lowest BCUT2D eigenvalue weighted by Crippen LogP contribution is -2.37. The van der Waals surface area contributed by atoms with E-state index >= 15 is 0 Å². The molecular formula is C24H29N5O6. The zero-order chi connectivity index (χ0) is 25.7. The van der Waals surface area contributed by atoms with Gasteiger partial charge in [0.2, 0.25) is 11.7 Å². The van der Waals surface area contributed by atoms with Crippen molar-refractivity contribution in [3.8, 4) is 17.2 Å². The maximum Gasteiger partial charge on any atom is 0.332 e. The first-order valence-electron chi connectivity index (χ1n) is 10.8. The van der Waals surface area contributed by atoms with Gasteiger partial charge in [-0.15, -0.1) is 0 Å². The summed E-state index contributed by atoms with van der Waals surface area (Å²) in [4.78, 5) is 40.2. The Bertz CT molecular complexity index is 1400. The molecule has 3 rings (SSSR count). The minimum atomic E-state index is -0.439. The van der Waals surface area contributed by atoms with Gasteiger partial charge in [0.1, 0.15) is 12.4 Å². The Balaban J connectivity index is 1.90. The number of carbonyl (C=O) groups excluding carboxylic acids is 1. The summed E-state index contributed by atoms with van der Waals surface area (Å²) in [7, 11) is 7.80. The number of imidazole rings is 1. The number of methoxy groups -OCH3 is 2. The largest absolute Gasteiger partial charge is 0.493 e. The molecule has 35 heavy (non-hydrogen) atoms. The highest BCUT2D eigenvalue weighted by atomic mass is 16.5. The Labute approximate surface area is 201 Å². The van der Waals surface area contributed by atoms with Crippen molar-refractivity contribution in [1.82, 2.24) is 24.0 Å². The fourth-order valence-corrected chi connectivity index (χ4v) is 3.48. The lowest BCUT2D eigenvalue weighted by atomic mass is 10.1. The number of hydrogen-bond donors (Lipinski definition) is 1. The van der Waals surface area contributed by atoms with Crippen molar-refractivity contribution in [2.24, 2.45) is 21.1 Å². The summed E-state index contributed by atoms with van der Waals surface area (Å²) in [5.74, 6) is 1.78. The van der Waals surface area contributed by atoms with E-state index in [0.29, 0.717) is 40.8 Å². The van der Waals surface area contributed by atoms with Gasteiger partial charge in [-0.2, -0.15) is 0 Å². The van der Waals surface area contributed by atoms with E-state index in [4.69, 9.17) is 14.2 Å². The maximum atomic E-state index is 12.6. The van der Waals surface area contributed by atoms with E-state index in [2.05, 4.69) is 10.3 Å². The summed E-state index contributed by atoms with van der Waals surface area (Å²) in [5.41, 5.74) is 0.548. The van der Waals surface area contributed by atoms with E-state index in [9.17, 15) is 14.4 Å². The molecule has 0 saturated carbocycles. The Morgan fingerprint density at radius 1 is 1.00 bits per heavy atom. The highest BCUT2D eigenvalue weighted by molar-refractivity contribution is 5.77. The minimum absolute atomic E-state index is 0.104. The number of aromatic nitrogens is 4. The fraction of sp³-hybridized carbons (Fsp3) is 0.333. The number of amides is 1. The quantitative estimate of drug-likeness (QED) is 0.455. The normalized spacial score (nSPS) is 11.5. The number of carbonyl (C=O) groups is 1. The van der Waals surface area contributed by atoms with Gasteiger partial charge < -0.3 is 24.1 Å². The van der Waals surface area contributed by atoms with Crippen LogP contribution in [0.2, 0.25) is 0 Å². The van der Waals surface area contributed by atoms with Gasteiger partial charge in [-0.3, -0.25) is 18.7 Å². The van der Waals surface area contributed by atoms with Gasteiger partial charge in [0.05, 0.1) is 14.2 Å². The van der Waals surface area contributed by atoms with Crippen molar-refractivity contribution in [2.45, 2.75) is 6.92 Å². The van der Waals surface area contributed by atoms with Gasteiger partial charge in [-0.05, 0) is 29.8 Å². The topological polar surface area (TPSA) is 119 Å². The van der Waals surface area contributed by atoms with Gasteiger partial charge in [0, 0.05) is 34.6 Å². The van der Waals surface area contributed by atoms with Gasteiger partial charge in [-0.1, -0.05) is 12.2 Å². The summed E-state index contributed by atoms with van der Waals surface area (Å²) in [6, 6.07) is 3.57. The van der Waals surface area contributed by atoms with Crippen molar-refractivity contribution >= 4 is 29.2 Å². The smallest absolute Gasteiger partial charge is 0.332 e. The molecule has 0 aliphatic rings. The zero-order valence-corrected chi connectivity index (χ0v) is 20.6. The molecule has 186 valence electrons. The van der Waals surface area contributed by atoms with E-state index in [1.54, 1.807) is 55.1 Å². The Morgan fingerprint density at radius 3 is 2.26 bits per heavy atom. The second kappa shape index (κ2) is 10.8. The summed E-state index contributed by atoms with van der Waals surface area (Å²) >= 11 is 0. The Kier molecular flexibility index (Phi) is 7.80. The maximum absolute atomic E-state index is 12.6. The van der Waals surface area contributed by atoms with Crippen LogP contribution in [0.25, 0.3) is 23.3 Å². The lowest BCUT2D eigenvalue weighted by Gasteiger charge is -2.14. The Hall–Kier alpha value is -4.28. The zero-order valence-electron chi connectivity index (χ0n) is 20.6. The molecule has 2 heterocycles. The monoisotopic (exact) mass is 483 g/mol. The van der Waals surface area contributed by atoms with Gasteiger partial charge in [0.25, 0.3) is 5.56 Å². The van der Waals surface area contributed by atoms with Crippen LogP contribution in [-0.4, -0.2) is 52.0 Å². The van der Waals surface area contributed by atoms with Crippen LogP contribution in [0, 0.1) is 0 Å². The molecule has 1 amide bonds. The molecule has 0 saturated heterocycles. The summed E-state index contributed by atoms with van der Waals surface area (Å²) < 4.78 is 20.9. The van der Waals surface area contributed by atoms with Crippen molar-refractivity contribution in [3.63, 3.8) is 0 Å². The van der Waals surface area contributed by atoms with Crippen LogP contribution in [0.5, 0.6) is 17.2 Å². The van der Waals surface area contributed by atoms with Crippen LogP contribution in [0.4, 0.5) is 0 Å². The van der Waals surface area contributed by atoms with Crippen LogP contribution in [0.1, 0.15) is 18.3 Å². The molecule has 0 aliphatic heterocycles. The number of hydrogen-bond acceptors (Lipinski definition) is 7. The Morgan fingerprint density at radius 2 is 1.66 bits per heavy atom. The van der Waals surface area contributed by atoms with Gasteiger partial charge >= 0.3 is 5.69 Å². The van der Waals surface area contributed by atoms with Crippen LogP contribution in [0.15, 0.2) is 33.9 Å². The summed E-state index contributed by atoms with van der Waals surface area (Å²) in [6.07, 6.45) is 7.11. The molecule has 0 bridgehead atoms. The third-order valence-electron chi connectivity index (χ3n) is 5.38. The molecule has 0 atom stereocenters. The molecule has 1 N–H and O–H groups in total. The van der Waals surface area contributed by atoms with Crippen LogP contribution in [-0.2, 0) is 25.9 Å². The van der Waals surface area contributed by atoms with Gasteiger partial charge in [0.15, 0.2) is 22.7 Å². The molecule has 11 nitrogen and oxygen atoms in total. The minimum Gasteiger partial charge on any atom is -0.493 e. The summed E-state index contributed by atoms with van der Waals surface area (Å²) in [5, 5.41) is 2.67. The molecule has 1 aromatic carbocycles. The molecule has 0 aliphatic carbocycles. The number of aryl methyl sites for hydroxylation is 2. The molecule has 2 aromatic heterocycles. The molecule has 0 unspecified atom stereocenters. The highest BCUT2D eigenvalue weighted by Gasteiger charge is 2.16. The van der Waals surface area contributed by atoms with E-state index in [1.807, 2.05) is 0 Å². The number of fused-ring (bicyclic) bond motifs is 1. The number of rotatable bonds is 9. The van der Waals surface area contributed by atoms with Crippen LogP contribution < -0.4 is 30.8 Å². The SMILES string of the molecule is COc1cc(C=Cc2nc3c(c(=O)n(C)c(=O)n3C)n2C)cc(OC)c1OC/C=C/CNC(C)=O. The second-order valence-corrected chi connectivity index (χ2v) is 7.71. The van der Waals surface area contributed by atoms with Crippen molar-refractivity contribution in [1.29, 1.82) is 0 Å². The number of nitrogens with zero attached hydrogens (tertiary/aromatic N) is 4. The first-order valence-corrected chi connectivity index (χ1v) is 10.8. The average Bonchev–Trinajstić information content (AvgIpc) is 3.18. The summed E-state index contributed by atoms with van der Waals surface area (Å²) in [6.45, 7) is 2.13. The van der Waals surface area contributed by atoms with Crippen LogP contribution in [0.3, 0.4) is 0 Å². The fourth-order valence-electron chi connectivity index (χ4n) is 3.48. The van der Waals surface area contributed by atoms with Crippen molar-refractivity contribution in [3.05, 3.63) is 56.5 Å². The van der Waals surface area contributed by atoms with Crippen LogP contribution >= 0.6 is 0 Å². The van der Waals surface area contributed by atoms with Crippen molar-refractivity contribution < 1.29 is 19.0 Å². The van der Waals surface area contributed by atoms with E-state index in [0.717, 1.165) is 10.1 Å². The first-order chi connectivity index (χ1) is 16.7. The number of ether oxygens (including phenoxy) is 3. The van der Waals surface area contributed by atoms with E-state index < -0.39 is 11.2 Å². The third-order valence-corrected chi connectivity index (χ3v) is 5.38. The molecular weight excluding hydrogens is 454 g/mol. The van der Waals surface area contributed by atoms with E-state index in [1.165, 1.54) is 32.8 Å².